The minimum absolute atomic E-state index is 0.237. The van der Waals surface area contributed by atoms with E-state index in [1.807, 2.05) is 6.92 Å². The first-order valence-corrected chi connectivity index (χ1v) is 4.92. The molecule has 0 saturated heterocycles. The van der Waals surface area contributed by atoms with Gasteiger partial charge in [0, 0.05) is 6.42 Å². The minimum atomic E-state index is -0.237. The van der Waals surface area contributed by atoms with Gasteiger partial charge in [0.15, 0.2) is 11.6 Å². The van der Waals surface area contributed by atoms with E-state index in [2.05, 4.69) is 12.1 Å². The maximum Gasteiger partial charge on any atom is 0.188 e. The highest BCUT2D eigenvalue weighted by molar-refractivity contribution is 5.09. The molecule has 0 aromatic carbocycles. The number of rotatable bonds is 5. The molecule has 0 spiro atoms. The molecular formula is C10H16FNO. The molecule has 0 fully saturated rings. The summed E-state index contributed by atoms with van der Waals surface area (Å²) in [7, 11) is 0. The van der Waals surface area contributed by atoms with Crippen molar-refractivity contribution in [2.45, 2.75) is 46.0 Å². The Morgan fingerprint density at radius 3 is 2.62 bits per heavy atom. The lowest BCUT2D eigenvalue weighted by Gasteiger charge is -1.93. The maximum absolute atomic E-state index is 13.3. The first-order chi connectivity index (χ1) is 6.29. The standard InChI is InChI=1S/C10H16FNO/c1-3-5-6-7-8-10(11)9(4-2)13-12-8/h3-7H2,1-2H3. The van der Waals surface area contributed by atoms with Crippen molar-refractivity contribution in [2.24, 2.45) is 0 Å². The Kier molecular flexibility index (Phi) is 3.93. The number of halogens is 1. The van der Waals surface area contributed by atoms with Crippen LogP contribution in [-0.2, 0) is 12.8 Å². The van der Waals surface area contributed by atoms with Gasteiger partial charge in [-0.05, 0) is 12.8 Å². The fourth-order valence-electron chi connectivity index (χ4n) is 1.27. The van der Waals surface area contributed by atoms with Crippen LogP contribution in [0.2, 0.25) is 0 Å². The van der Waals surface area contributed by atoms with Crippen molar-refractivity contribution < 1.29 is 8.91 Å². The van der Waals surface area contributed by atoms with Crippen LogP contribution in [0.15, 0.2) is 4.52 Å². The van der Waals surface area contributed by atoms with Crippen molar-refractivity contribution in [1.29, 1.82) is 0 Å². The van der Waals surface area contributed by atoms with E-state index in [4.69, 9.17) is 4.52 Å². The molecule has 0 saturated carbocycles. The van der Waals surface area contributed by atoms with E-state index in [1.165, 1.54) is 0 Å². The van der Waals surface area contributed by atoms with Crippen LogP contribution in [0, 0.1) is 5.82 Å². The molecule has 1 heterocycles. The molecule has 0 amide bonds. The predicted octanol–water partition coefficient (Wildman–Crippen LogP) is 3.11. The highest BCUT2D eigenvalue weighted by Crippen LogP contribution is 2.14. The number of hydrogen-bond donors (Lipinski definition) is 0. The van der Waals surface area contributed by atoms with E-state index in [-0.39, 0.29) is 5.82 Å². The van der Waals surface area contributed by atoms with Crippen LogP contribution >= 0.6 is 0 Å². The van der Waals surface area contributed by atoms with Gasteiger partial charge < -0.3 is 4.52 Å². The van der Waals surface area contributed by atoms with Crippen LogP contribution in [0.4, 0.5) is 4.39 Å². The molecule has 1 aromatic rings. The van der Waals surface area contributed by atoms with Gasteiger partial charge in [-0.3, -0.25) is 0 Å². The Morgan fingerprint density at radius 2 is 2.08 bits per heavy atom. The van der Waals surface area contributed by atoms with Crippen molar-refractivity contribution in [2.75, 3.05) is 0 Å². The first-order valence-electron chi connectivity index (χ1n) is 4.92. The zero-order chi connectivity index (χ0) is 9.68. The van der Waals surface area contributed by atoms with E-state index in [0.717, 1.165) is 19.3 Å². The van der Waals surface area contributed by atoms with E-state index < -0.39 is 0 Å². The topological polar surface area (TPSA) is 26.0 Å². The van der Waals surface area contributed by atoms with Crippen molar-refractivity contribution in [3.63, 3.8) is 0 Å². The average Bonchev–Trinajstić information content (AvgIpc) is 2.48. The second-order valence-electron chi connectivity index (χ2n) is 3.18. The maximum atomic E-state index is 13.3. The molecule has 0 aliphatic carbocycles. The minimum Gasteiger partial charge on any atom is -0.358 e. The highest BCUT2D eigenvalue weighted by atomic mass is 19.1. The Labute approximate surface area is 78.1 Å². The summed E-state index contributed by atoms with van der Waals surface area (Å²) in [6.07, 6.45) is 4.52. The van der Waals surface area contributed by atoms with Crippen LogP contribution < -0.4 is 0 Å². The lowest BCUT2D eigenvalue weighted by atomic mass is 10.1. The summed E-state index contributed by atoms with van der Waals surface area (Å²) in [5, 5.41) is 3.71. The van der Waals surface area contributed by atoms with E-state index in [1.54, 1.807) is 0 Å². The normalized spacial score (nSPS) is 10.7. The lowest BCUT2D eigenvalue weighted by Crippen LogP contribution is -1.90. The quantitative estimate of drug-likeness (QED) is 0.659. The van der Waals surface area contributed by atoms with Crippen LogP contribution in [0.5, 0.6) is 0 Å². The summed E-state index contributed by atoms with van der Waals surface area (Å²) in [6, 6.07) is 0. The van der Waals surface area contributed by atoms with Crippen LogP contribution in [-0.4, -0.2) is 5.16 Å². The third-order valence-electron chi connectivity index (χ3n) is 2.10. The smallest absolute Gasteiger partial charge is 0.188 e. The molecule has 0 N–H and O–H groups in total. The summed E-state index contributed by atoms with van der Waals surface area (Å²) in [5.74, 6) is 0.144. The van der Waals surface area contributed by atoms with Crippen molar-refractivity contribution in [1.82, 2.24) is 5.16 Å². The van der Waals surface area contributed by atoms with Crippen LogP contribution in [0.3, 0.4) is 0 Å². The largest absolute Gasteiger partial charge is 0.358 e. The molecule has 74 valence electrons. The highest BCUT2D eigenvalue weighted by Gasteiger charge is 2.13. The first kappa shape index (κ1) is 10.2. The van der Waals surface area contributed by atoms with E-state index in [0.29, 0.717) is 24.3 Å². The molecule has 0 bridgehead atoms. The molecule has 2 nitrogen and oxygen atoms in total. The molecule has 0 radical (unpaired) electrons. The molecule has 0 aliphatic heterocycles. The molecule has 13 heavy (non-hydrogen) atoms. The van der Waals surface area contributed by atoms with Gasteiger partial charge >= 0.3 is 0 Å². The summed E-state index contributed by atoms with van der Waals surface area (Å²) >= 11 is 0. The molecule has 3 heteroatoms. The lowest BCUT2D eigenvalue weighted by molar-refractivity contribution is 0.373. The van der Waals surface area contributed by atoms with Gasteiger partial charge in [0.05, 0.1) is 0 Å². The van der Waals surface area contributed by atoms with Crippen molar-refractivity contribution in [3.8, 4) is 0 Å². The van der Waals surface area contributed by atoms with Gasteiger partial charge in [-0.1, -0.05) is 31.8 Å². The monoisotopic (exact) mass is 185 g/mol. The summed E-state index contributed by atoms with van der Waals surface area (Å²) in [4.78, 5) is 0. The Balaban J connectivity index is 2.51. The zero-order valence-electron chi connectivity index (χ0n) is 8.27. The third-order valence-corrected chi connectivity index (χ3v) is 2.10. The predicted molar refractivity (Wildman–Crippen MR) is 49.1 cm³/mol. The molecule has 0 atom stereocenters. The summed E-state index contributed by atoms with van der Waals surface area (Å²) in [5.41, 5.74) is 0.491. The Bertz CT molecular complexity index is 257. The van der Waals surface area contributed by atoms with Crippen LogP contribution in [0.25, 0.3) is 0 Å². The SMILES string of the molecule is CCCCCc1noc(CC)c1F. The van der Waals surface area contributed by atoms with Gasteiger partial charge in [0.2, 0.25) is 0 Å². The van der Waals surface area contributed by atoms with Crippen molar-refractivity contribution in [3.05, 3.63) is 17.3 Å². The molecule has 0 aliphatic rings. The Hall–Kier alpha value is -0.860. The number of aryl methyl sites for hydroxylation is 2. The van der Waals surface area contributed by atoms with Gasteiger partial charge in [0.1, 0.15) is 5.69 Å². The van der Waals surface area contributed by atoms with Gasteiger partial charge in [-0.25, -0.2) is 4.39 Å². The number of hydrogen-bond acceptors (Lipinski definition) is 2. The molecule has 0 unspecified atom stereocenters. The van der Waals surface area contributed by atoms with E-state index in [9.17, 15) is 4.39 Å². The number of nitrogens with zero attached hydrogens (tertiary/aromatic N) is 1. The second kappa shape index (κ2) is 5.00. The zero-order valence-corrected chi connectivity index (χ0v) is 8.27. The summed E-state index contributed by atoms with van der Waals surface area (Å²) < 4.78 is 18.2. The summed E-state index contributed by atoms with van der Waals surface area (Å²) in [6.45, 7) is 3.98. The van der Waals surface area contributed by atoms with E-state index >= 15 is 0 Å². The average molecular weight is 185 g/mol. The third kappa shape index (κ3) is 2.54. The number of aromatic nitrogens is 1. The van der Waals surface area contributed by atoms with Gasteiger partial charge in [-0.15, -0.1) is 0 Å². The molecule has 1 aromatic heterocycles. The fourth-order valence-corrected chi connectivity index (χ4v) is 1.27. The van der Waals surface area contributed by atoms with Crippen LogP contribution in [0.1, 0.15) is 44.6 Å². The Morgan fingerprint density at radius 1 is 1.31 bits per heavy atom. The fraction of sp³-hybridized carbons (Fsp3) is 0.700. The van der Waals surface area contributed by atoms with Crippen molar-refractivity contribution >= 4 is 0 Å². The van der Waals surface area contributed by atoms with Gasteiger partial charge in [-0.2, -0.15) is 0 Å². The van der Waals surface area contributed by atoms with Gasteiger partial charge in [0.25, 0.3) is 0 Å². The molecular weight excluding hydrogens is 169 g/mol. The number of unbranched alkanes of at least 4 members (excludes halogenated alkanes) is 2. The second-order valence-corrected chi connectivity index (χ2v) is 3.18. The molecule has 1 rings (SSSR count).